The van der Waals surface area contributed by atoms with E-state index in [4.69, 9.17) is 14.2 Å². The van der Waals surface area contributed by atoms with E-state index >= 15 is 0 Å². The number of hydrogen-bond acceptors (Lipinski definition) is 7. The molecule has 0 spiro atoms. The van der Waals surface area contributed by atoms with Gasteiger partial charge in [0.25, 0.3) is 0 Å². The van der Waals surface area contributed by atoms with Gasteiger partial charge in [-0.2, -0.15) is 0 Å². The summed E-state index contributed by atoms with van der Waals surface area (Å²) in [6.07, 6.45) is 3.25. The maximum absolute atomic E-state index is 5.96. The van der Waals surface area contributed by atoms with Crippen molar-refractivity contribution in [1.29, 1.82) is 0 Å². The lowest BCUT2D eigenvalue weighted by molar-refractivity contribution is 0.0922. The molecular weight excluding hydrogens is 338 g/mol. The van der Waals surface area contributed by atoms with E-state index in [1.807, 2.05) is 48.7 Å². The molecule has 0 radical (unpaired) electrons. The molecule has 3 rings (SSSR count). The van der Waals surface area contributed by atoms with Gasteiger partial charge in [-0.3, -0.25) is 0 Å². The third kappa shape index (κ3) is 4.91. The third-order valence-corrected chi connectivity index (χ3v) is 3.88. The first-order valence-electron chi connectivity index (χ1n) is 7.79. The summed E-state index contributed by atoms with van der Waals surface area (Å²) >= 11 is 1.49. The number of thiazole rings is 1. The molecule has 1 N–H and O–H groups in total. The van der Waals surface area contributed by atoms with Gasteiger partial charge in [-0.25, -0.2) is 9.97 Å². The fourth-order valence-electron chi connectivity index (χ4n) is 2.16. The predicted octanol–water partition coefficient (Wildman–Crippen LogP) is 4.49. The van der Waals surface area contributed by atoms with Gasteiger partial charge in [0.2, 0.25) is 0 Å². The van der Waals surface area contributed by atoms with Crippen LogP contribution < -0.4 is 14.8 Å². The minimum atomic E-state index is -0.129. The molecule has 0 saturated heterocycles. The summed E-state index contributed by atoms with van der Waals surface area (Å²) < 4.78 is 16.9. The van der Waals surface area contributed by atoms with E-state index in [1.54, 1.807) is 19.5 Å². The molecule has 2 aromatic heterocycles. The Balaban J connectivity index is 1.83. The molecule has 1 atom stereocenters. The van der Waals surface area contributed by atoms with Crippen LogP contribution in [0.1, 0.15) is 6.92 Å². The lowest BCUT2D eigenvalue weighted by Gasteiger charge is -2.17. The molecule has 0 aliphatic heterocycles. The number of aromatic nitrogens is 2. The van der Waals surface area contributed by atoms with Gasteiger partial charge in [0.1, 0.15) is 17.6 Å². The van der Waals surface area contributed by atoms with Crippen molar-refractivity contribution in [2.24, 2.45) is 0 Å². The number of rotatable bonds is 8. The average Bonchev–Trinajstić information content (AvgIpc) is 3.11. The molecule has 0 saturated carbocycles. The molecule has 3 aromatic rings. The number of nitrogens with zero attached hydrogens (tertiary/aromatic N) is 2. The molecule has 0 amide bonds. The van der Waals surface area contributed by atoms with E-state index in [9.17, 15) is 0 Å². The average molecular weight is 357 g/mol. The molecule has 25 heavy (non-hydrogen) atoms. The SMILES string of the molecule is COC[C@@H](C)Oc1cc(Oc2ccccc2)cnc1Nc1nccs1. The standard InChI is InChI=1S/C18H19N3O3S/c1-13(12-22-2)23-16-10-15(24-14-6-4-3-5-7-14)11-20-17(16)21-18-19-8-9-25-18/h3-11,13H,12H2,1-2H3,(H,19,20,21)/t13-/m1/s1. The van der Waals surface area contributed by atoms with Crippen LogP contribution in [0.25, 0.3) is 0 Å². The number of methoxy groups -OCH3 is 1. The Bertz CT molecular complexity index is 782. The Morgan fingerprint density at radius 3 is 2.72 bits per heavy atom. The molecule has 6 nitrogen and oxygen atoms in total. The van der Waals surface area contributed by atoms with Crippen molar-refractivity contribution in [3.63, 3.8) is 0 Å². The molecule has 7 heteroatoms. The Kier molecular flexibility index (Phi) is 5.81. The zero-order chi connectivity index (χ0) is 17.5. The normalized spacial score (nSPS) is 11.8. The summed E-state index contributed by atoms with van der Waals surface area (Å²) in [4.78, 5) is 8.64. The maximum atomic E-state index is 5.96. The number of ether oxygens (including phenoxy) is 3. The number of anilines is 2. The van der Waals surface area contributed by atoms with Crippen LogP contribution in [-0.2, 0) is 4.74 Å². The molecular formula is C18H19N3O3S. The van der Waals surface area contributed by atoms with Crippen molar-refractivity contribution >= 4 is 22.3 Å². The minimum Gasteiger partial charge on any atom is -0.484 e. The highest BCUT2D eigenvalue weighted by Gasteiger charge is 2.13. The number of benzene rings is 1. The fourth-order valence-corrected chi connectivity index (χ4v) is 2.69. The molecule has 2 heterocycles. The molecule has 0 unspecified atom stereocenters. The van der Waals surface area contributed by atoms with Gasteiger partial charge in [0, 0.05) is 24.8 Å². The molecule has 0 fully saturated rings. The highest BCUT2D eigenvalue weighted by Crippen LogP contribution is 2.32. The minimum absolute atomic E-state index is 0.129. The molecule has 0 aliphatic carbocycles. The van der Waals surface area contributed by atoms with Gasteiger partial charge in [-0.05, 0) is 19.1 Å². The van der Waals surface area contributed by atoms with Gasteiger partial charge in [-0.15, -0.1) is 11.3 Å². The Morgan fingerprint density at radius 1 is 1.16 bits per heavy atom. The smallest absolute Gasteiger partial charge is 0.188 e. The third-order valence-electron chi connectivity index (χ3n) is 3.19. The zero-order valence-corrected chi connectivity index (χ0v) is 14.8. The Hall–Kier alpha value is -2.64. The maximum Gasteiger partial charge on any atom is 0.188 e. The quantitative estimate of drug-likeness (QED) is 0.641. The van der Waals surface area contributed by atoms with Gasteiger partial charge in [0.15, 0.2) is 16.7 Å². The van der Waals surface area contributed by atoms with E-state index in [0.29, 0.717) is 23.9 Å². The fraction of sp³-hybridized carbons (Fsp3) is 0.222. The van der Waals surface area contributed by atoms with Crippen LogP contribution in [0.4, 0.5) is 10.9 Å². The largest absolute Gasteiger partial charge is 0.484 e. The number of nitrogens with one attached hydrogen (secondary N) is 1. The second kappa shape index (κ2) is 8.46. The molecule has 1 aromatic carbocycles. The summed E-state index contributed by atoms with van der Waals surface area (Å²) in [7, 11) is 1.64. The van der Waals surface area contributed by atoms with Crippen molar-refractivity contribution in [1.82, 2.24) is 9.97 Å². The van der Waals surface area contributed by atoms with Gasteiger partial charge >= 0.3 is 0 Å². The molecule has 0 bridgehead atoms. The first-order valence-corrected chi connectivity index (χ1v) is 8.67. The van der Waals surface area contributed by atoms with Crippen molar-refractivity contribution in [3.8, 4) is 17.2 Å². The van der Waals surface area contributed by atoms with E-state index in [-0.39, 0.29) is 6.10 Å². The van der Waals surface area contributed by atoms with Crippen LogP contribution in [0, 0.1) is 0 Å². The first-order chi connectivity index (χ1) is 12.2. The molecule has 130 valence electrons. The van der Waals surface area contributed by atoms with Crippen LogP contribution >= 0.6 is 11.3 Å². The van der Waals surface area contributed by atoms with Gasteiger partial charge in [0.05, 0.1) is 12.8 Å². The van der Waals surface area contributed by atoms with Crippen LogP contribution in [-0.4, -0.2) is 29.8 Å². The van der Waals surface area contributed by atoms with Crippen LogP contribution in [0.2, 0.25) is 0 Å². The second-order valence-corrected chi connectivity index (χ2v) is 6.17. The summed E-state index contributed by atoms with van der Waals surface area (Å²) in [6, 6.07) is 11.3. The summed E-state index contributed by atoms with van der Waals surface area (Å²) in [5.41, 5.74) is 0. The summed E-state index contributed by atoms with van der Waals surface area (Å²) in [5, 5.41) is 5.80. The zero-order valence-electron chi connectivity index (χ0n) is 14.0. The highest BCUT2D eigenvalue weighted by atomic mass is 32.1. The van der Waals surface area contributed by atoms with Crippen LogP contribution in [0.3, 0.4) is 0 Å². The first kappa shape index (κ1) is 17.2. The second-order valence-electron chi connectivity index (χ2n) is 5.28. The summed E-state index contributed by atoms with van der Waals surface area (Å²) in [6.45, 7) is 2.40. The van der Waals surface area contributed by atoms with E-state index < -0.39 is 0 Å². The lowest BCUT2D eigenvalue weighted by atomic mass is 10.3. The van der Waals surface area contributed by atoms with Gasteiger partial charge < -0.3 is 19.5 Å². The lowest BCUT2D eigenvalue weighted by Crippen LogP contribution is -2.18. The van der Waals surface area contributed by atoms with E-state index in [1.165, 1.54) is 11.3 Å². The van der Waals surface area contributed by atoms with Crippen molar-refractivity contribution in [3.05, 3.63) is 54.2 Å². The van der Waals surface area contributed by atoms with E-state index in [2.05, 4.69) is 15.3 Å². The summed E-state index contributed by atoms with van der Waals surface area (Å²) in [5.74, 6) is 2.49. The van der Waals surface area contributed by atoms with Crippen molar-refractivity contribution < 1.29 is 14.2 Å². The van der Waals surface area contributed by atoms with E-state index in [0.717, 1.165) is 10.9 Å². The van der Waals surface area contributed by atoms with Gasteiger partial charge in [-0.1, -0.05) is 18.2 Å². The Labute approximate surface area is 150 Å². The number of para-hydroxylation sites is 1. The highest BCUT2D eigenvalue weighted by molar-refractivity contribution is 7.13. The number of pyridine rings is 1. The monoisotopic (exact) mass is 357 g/mol. The molecule has 0 aliphatic rings. The predicted molar refractivity (Wildman–Crippen MR) is 98.1 cm³/mol. The Morgan fingerprint density at radius 2 is 2.00 bits per heavy atom. The van der Waals surface area contributed by atoms with Crippen LogP contribution in [0.5, 0.6) is 17.2 Å². The number of hydrogen-bond donors (Lipinski definition) is 1. The van der Waals surface area contributed by atoms with Crippen LogP contribution in [0.15, 0.2) is 54.2 Å². The van der Waals surface area contributed by atoms with Crippen molar-refractivity contribution in [2.45, 2.75) is 13.0 Å². The topological polar surface area (TPSA) is 65.5 Å². The van der Waals surface area contributed by atoms with Crippen molar-refractivity contribution in [2.75, 3.05) is 19.0 Å².